The molecule has 0 saturated carbocycles. The summed E-state index contributed by atoms with van der Waals surface area (Å²) in [5.41, 5.74) is 2.07. The van der Waals surface area contributed by atoms with Crippen LogP contribution in [0.15, 0.2) is 54.6 Å². The first kappa shape index (κ1) is 15.7. The van der Waals surface area contributed by atoms with E-state index in [1.54, 1.807) is 36.4 Å². The predicted molar refractivity (Wildman–Crippen MR) is 90.6 cm³/mol. The molecular formula is C18H17N3O3. The van der Waals surface area contributed by atoms with Crippen molar-refractivity contribution in [2.24, 2.45) is 5.92 Å². The number of aryl methyl sites for hydroxylation is 1. The minimum atomic E-state index is -0.968. The number of rotatable bonds is 3. The molecule has 24 heavy (non-hydrogen) atoms. The molecule has 4 amide bonds. The molecule has 0 aliphatic carbocycles. The number of nitrogens with one attached hydrogen (secondary N) is 2. The van der Waals surface area contributed by atoms with Gasteiger partial charge in [0.2, 0.25) is 11.8 Å². The van der Waals surface area contributed by atoms with Crippen LogP contribution in [0.4, 0.5) is 16.2 Å². The maximum absolute atomic E-state index is 12.7. The Morgan fingerprint density at radius 1 is 1.08 bits per heavy atom. The summed E-state index contributed by atoms with van der Waals surface area (Å²) in [5.74, 6) is -1.94. The molecule has 1 fully saturated rings. The molecular weight excluding hydrogens is 306 g/mol. The van der Waals surface area contributed by atoms with Gasteiger partial charge in [0.15, 0.2) is 0 Å². The fourth-order valence-corrected chi connectivity index (χ4v) is 2.51. The van der Waals surface area contributed by atoms with Gasteiger partial charge in [-0.05, 0) is 31.2 Å². The van der Waals surface area contributed by atoms with Crippen molar-refractivity contribution in [1.29, 1.82) is 0 Å². The van der Waals surface area contributed by atoms with Gasteiger partial charge in [0.25, 0.3) is 0 Å². The average molecular weight is 323 g/mol. The maximum Gasteiger partial charge on any atom is 0.328 e. The molecule has 0 aromatic heterocycles. The van der Waals surface area contributed by atoms with Crippen molar-refractivity contribution in [3.8, 4) is 0 Å². The van der Waals surface area contributed by atoms with Crippen molar-refractivity contribution in [1.82, 2.24) is 5.32 Å². The molecule has 2 aromatic rings. The Labute approximate surface area is 139 Å². The molecule has 3 rings (SSSR count). The van der Waals surface area contributed by atoms with Crippen LogP contribution in [0.25, 0.3) is 0 Å². The van der Waals surface area contributed by atoms with Crippen LogP contribution in [0.1, 0.15) is 5.56 Å². The van der Waals surface area contributed by atoms with Gasteiger partial charge in [-0.2, -0.15) is 0 Å². The summed E-state index contributed by atoms with van der Waals surface area (Å²) in [4.78, 5) is 38.2. The molecule has 1 unspecified atom stereocenters. The maximum atomic E-state index is 12.7. The third-order valence-electron chi connectivity index (χ3n) is 3.83. The van der Waals surface area contributed by atoms with Gasteiger partial charge >= 0.3 is 6.03 Å². The van der Waals surface area contributed by atoms with Crippen LogP contribution in [0, 0.1) is 12.8 Å². The van der Waals surface area contributed by atoms with E-state index in [9.17, 15) is 14.4 Å². The van der Waals surface area contributed by atoms with Gasteiger partial charge in [-0.25, -0.2) is 9.69 Å². The van der Waals surface area contributed by atoms with Crippen molar-refractivity contribution in [3.63, 3.8) is 0 Å². The Balaban J connectivity index is 1.80. The van der Waals surface area contributed by atoms with Crippen molar-refractivity contribution in [2.75, 3.05) is 16.8 Å². The standard InChI is InChI=1S/C18H17N3O3/c1-12-7-9-14(10-8-12)21-17(23)15(11-19-18(21)24)16(22)20-13-5-3-2-4-6-13/h2-10,15H,11H2,1H3,(H,19,24)(H,20,22). The van der Waals surface area contributed by atoms with Crippen LogP contribution in [0.2, 0.25) is 0 Å². The number of nitrogens with zero attached hydrogens (tertiary/aromatic N) is 1. The summed E-state index contributed by atoms with van der Waals surface area (Å²) in [5, 5.41) is 5.30. The van der Waals surface area contributed by atoms with Crippen LogP contribution < -0.4 is 15.5 Å². The number of carbonyl (C=O) groups excluding carboxylic acids is 3. The van der Waals surface area contributed by atoms with Gasteiger partial charge < -0.3 is 10.6 Å². The molecule has 6 nitrogen and oxygen atoms in total. The van der Waals surface area contributed by atoms with E-state index in [0.29, 0.717) is 11.4 Å². The molecule has 122 valence electrons. The minimum absolute atomic E-state index is 0.0152. The van der Waals surface area contributed by atoms with Gasteiger partial charge in [-0.3, -0.25) is 9.59 Å². The number of para-hydroxylation sites is 1. The predicted octanol–water partition coefficient (Wildman–Crippen LogP) is 2.31. The minimum Gasteiger partial charge on any atom is -0.336 e. The van der Waals surface area contributed by atoms with Crippen LogP contribution in [-0.4, -0.2) is 24.4 Å². The molecule has 2 aromatic carbocycles. The van der Waals surface area contributed by atoms with E-state index in [2.05, 4.69) is 10.6 Å². The number of imide groups is 1. The van der Waals surface area contributed by atoms with Crippen LogP contribution in [-0.2, 0) is 9.59 Å². The summed E-state index contributed by atoms with van der Waals surface area (Å²) in [6.45, 7) is 1.90. The second kappa shape index (κ2) is 6.54. The molecule has 1 heterocycles. The summed E-state index contributed by atoms with van der Waals surface area (Å²) in [7, 11) is 0. The van der Waals surface area contributed by atoms with E-state index in [1.165, 1.54) is 0 Å². The van der Waals surface area contributed by atoms with E-state index in [-0.39, 0.29) is 6.54 Å². The first-order chi connectivity index (χ1) is 11.6. The highest BCUT2D eigenvalue weighted by Crippen LogP contribution is 2.21. The zero-order chi connectivity index (χ0) is 17.1. The number of benzene rings is 2. The Hall–Kier alpha value is -3.15. The van der Waals surface area contributed by atoms with E-state index < -0.39 is 23.8 Å². The Kier molecular flexibility index (Phi) is 4.29. The number of carbonyl (C=O) groups is 3. The Morgan fingerprint density at radius 2 is 1.75 bits per heavy atom. The summed E-state index contributed by atoms with van der Waals surface area (Å²) in [6, 6.07) is 15.4. The van der Waals surface area contributed by atoms with Gasteiger partial charge in [0, 0.05) is 12.2 Å². The normalized spacial score (nSPS) is 17.4. The number of hydrogen-bond donors (Lipinski definition) is 2. The molecule has 1 saturated heterocycles. The quantitative estimate of drug-likeness (QED) is 0.851. The van der Waals surface area contributed by atoms with Gasteiger partial charge in [-0.15, -0.1) is 0 Å². The first-order valence-electron chi connectivity index (χ1n) is 7.60. The van der Waals surface area contributed by atoms with E-state index in [4.69, 9.17) is 0 Å². The fraction of sp³-hybridized carbons (Fsp3) is 0.167. The smallest absolute Gasteiger partial charge is 0.328 e. The Bertz CT molecular complexity index is 772. The zero-order valence-electron chi connectivity index (χ0n) is 13.2. The molecule has 2 N–H and O–H groups in total. The second-order valence-electron chi connectivity index (χ2n) is 5.60. The van der Waals surface area contributed by atoms with E-state index in [0.717, 1.165) is 10.5 Å². The monoisotopic (exact) mass is 323 g/mol. The molecule has 0 radical (unpaired) electrons. The SMILES string of the molecule is Cc1ccc(N2C(=O)NCC(C(=O)Nc3ccccc3)C2=O)cc1. The third kappa shape index (κ3) is 3.12. The number of hydrogen-bond acceptors (Lipinski definition) is 3. The van der Waals surface area contributed by atoms with Crippen molar-refractivity contribution in [2.45, 2.75) is 6.92 Å². The number of anilines is 2. The van der Waals surface area contributed by atoms with Gasteiger partial charge in [0.05, 0.1) is 5.69 Å². The lowest BCUT2D eigenvalue weighted by Crippen LogP contribution is -2.58. The molecule has 0 bridgehead atoms. The first-order valence-corrected chi connectivity index (χ1v) is 7.60. The third-order valence-corrected chi connectivity index (χ3v) is 3.83. The highest BCUT2D eigenvalue weighted by molar-refractivity contribution is 6.23. The van der Waals surface area contributed by atoms with Gasteiger partial charge in [0.1, 0.15) is 5.92 Å². The van der Waals surface area contributed by atoms with E-state index >= 15 is 0 Å². The molecule has 1 aliphatic rings. The lowest BCUT2D eigenvalue weighted by atomic mass is 10.0. The lowest BCUT2D eigenvalue weighted by Gasteiger charge is -2.30. The van der Waals surface area contributed by atoms with Crippen LogP contribution in [0.3, 0.4) is 0 Å². The molecule has 1 atom stereocenters. The summed E-state index contributed by atoms with van der Waals surface area (Å²) >= 11 is 0. The number of amides is 4. The molecule has 6 heteroatoms. The van der Waals surface area contributed by atoms with Crippen molar-refractivity contribution in [3.05, 3.63) is 60.2 Å². The van der Waals surface area contributed by atoms with Gasteiger partial charge in [-0.1, -0.05) is 35.9 Å². The van der Waals surface area contributed by atoms with Crippen molar-refractivity contribution >= 4 is 29.2 Å². The molecule has 1 aliphatic heterocycles. The van der Waals surface area contributed by atoms with E-state index in [1.807, 2.05) is 25.1 Å². The topological polar surface area (TPSA) is 78.5 Å². The largest absolute Gasteiger partial charge is 0.336 e. The summed E-state index contributed by atoms with van der Waals surface area (Å²) < 4.78 is 0. The Morgan fingerprint density at radius 3 is 2.42 bits per heavy atom. The number of urea groups is 1. The summed E-state index contributed by atoms with van der Waals surface area (Å²) in [6.07, 6.45) is 0. The average Bonchev–Trinajstić information content (AvgIpc) is 2.57. The zero-order valence-corrected chi connectivity index (χ0v) is 13.2. The lowest BCUT2D eigenvalue weighted by molar-refractivity contribution is -0.130. The highest BCUT2D eigenvalue weighted by Gasteiger charge is 2.39. The fourth-order valence-electron chi connectivity index (χ4n) is 2.51. The second-order valence-corrected chi connectivity index (χ2v) is 5.60. The highest BCUT2D eigenvalue weighted by atomic mass is 16.2. The van der Waals surface area contributed by atoms with Crippen LogP contribution in [0.5, 0.6) is 0 Å². The van der Waals surface area contributed by atoms with Crippen LogP contribution >= 0.6 is 0 Å². The van der Waals surface area contributed by atoms with Crippen molar-refractivity contribution < 1.29 is 14.4 Å². The molecule has 0 spiro atoms.